The van der Waals surface area contributed by atoms with Gasteiger partial charge in [-0.2, -0.15) is 0 Å². The molecule has 2 atom stereocenters. The second-order valence-corrected chi connectivity index (χ2v) is 4.29. The zero-order chi connectivity index (χ0) is 12.0. The van der Waals surface area contributed by atoms with Gasteiger partial charge in [0, 0.05) is 13.0 Å². The minimum atomic E-state index is -0.519. The standard InChI is InChI=1S/C12H23NO3/c1-4-8-16-10-6-7-12(9-10,13-3)11(14)15-5-2/h10,13H,4-9H2,1-3H3. The van der Waals surface area contributed by atoms with Gasteiger partial charge in [-0.3, -0.25) is 4.79 Å². The maximum absolute atomic E-state index is 11.9. The zero-order valence-corrected chi connectivity index (χ0v) is 10.5. The molecule has 1 N–H and O–H groups in total. The molecule has 0 aromatic heterocycles. The predicted molar refractivity (Wildman–Crippen MR) is 62.3 cm³/mol. The van der Waals surface area contributed by atoms with Crippen LogP contribution in [0.4, 0.5) is 0 Å². The largest absolute Gasteiger partial charge is 0.465 e. The van der Waals surface area contributed by atoms with Crippen LogP contribution in [0.2, 0.25) is 0 Å². The van der Waals surface area contributed by atoms with Crippen molar-refractivity contribution in [3.63, 3.8) is 0 Å². The second-order valence-electron chi connectivity index (χ2n) is 4.29. The van der Waals surface area contributed by atoms with E-state index in [-0.39, 0.29) is 12.1 Å². The van der Waals surface area contributed by atoms with E-state index in [0.717, 1.165) is 32.3 Å². The monoisotopic (exact) mass is 229 g/mol. The second kappa shape index (κ2) is 6.21. The van der Waals surface area contributed by atoms with E-state index in [4.69, 9.17) is 9.47 Å². The Balaban J connectivity index is 2.53. The first-order valence-corrected chi connectivity index (χ1v) is 6.16. The summed E-state index contributed by atoms with van der Waals surface area (Å²) in [5.41, 5.74) is -0.519. The van der Waals surface area contributed by atoms with Crippen molar-refractivity contribution in [1.29, 1.82) is 0 Å². The minimum Gasteiger partial charge on any atom is -0.465 e. The summed E-state index contributed by atoms with van der Waals surface area (Å²) in [6.45, 7) is 5.13. The van der Waals surface area contributed by atoms with Gasteiger partial charge in [-0.05, 0) is 33.2 Å². The van der Waals surface area contributed by atoms with Gasteiger partial charge in [-0.25, -0.2) is 0 Å². The van der Waals surface area contributed by atoms with Crippen LogP contribution in [0.1, 0.15) is 39.5 Å². The van der Waals surface area contributed by atoms with Crippen molar-refractivity contribution < 1.29 is 14.3 Å². The van der Waals surface area contributed by atoms with Crippen molar-refractivity contribution in [3.8, 4) is 0 Å². The van der Waals surface area contributed by atoms with Gasteiger partial charge in [0.1, 0.15) is 5.54 Å². The van der Waals surface area contributed by atoms with E-state index < -0.39 is 5.54 Å². The number of rotatable bonds is 6. The third kappa shape index (κ3) is 2.95. The van der Waals surface area contributed by atoms with Crippen LogP contribution in [-0.2, 0) is 14.3 Å². The Morgan fingerprint density at radius 1 is 1.50 bits per heavy atom. The van der Waals surface area contributed by atoms with E-state index in [0.29, 0.717) is 6.61 Å². The molecular weight excluding hydrogens is 206 g/mol. The number of hydrogen-bond acceptors (Lipinski definition) is 4. The summed E-state index contributed by atoms with van der Waals surface area (Å²) in [5, 5.41) is 3.11. The SMILES string of the molecule is CCCOC1CCC(NC)(C(=O)OCC)C1. The Morgan fingerprint density at radius 3 is 2.81 bits per heavy atom. The smallest absolute Gasteiger partial charge is 0.326 e. The highest BCUT2D eigenvalue weighted by molar-refractivity contribution is 5.81. The minimum absolute atomic E-state index is 0.139. The van der Waals surface area contributed by atoms with Crippen LogP contribution in [0.15, 0.2) is 0 Å². The molecule has 1 fully saturated rings. The molecule has 1 saturated carbocycles. The molecule has 0 bridgehead atoms. The number of ether oxygens (including phenoxy) is 2. The van der Waals surface area contributed by atoms with Crippen LogP contribution in [-0.4, -0.2) is 37.9 Å². The van der Waals surface area contributed by atoms with Crippen LogP contribution >= 0.6 is 0 Å². The summed E-state index contributed by atoms with van der Waals surface area (Å²) < 4.78 is 10.8. The van der Waals surface area contributed by atoms with E-state index >= 15 is 0 Å². The molecule has 0 aromatic rings. The average molecular weight is 229 g/mol. The highest BCUT2D eigenvalue weighted by Gasteiger charge is 2.45. The van der Waals surface area contributed by atoms with Crippen molar-refractivity contribution in [2.75, 3.05) is 20.3 Å². The van der Waals surface area contributed by atoms with Crippen LogP contribution in [0.25, 0.3) is 0 Å². The fraction of sp³-hybridized carbons (Fsp3) is 0.917. The summed E-state index contributed by atoms with van der Waals surface area (Å²) >= 11 is 0. The van der Waals surface area contributed by atoms with Gasteiger partial charge in [0.25, 0.3) is 0 Å². The summed E-state index contributed by atoms with van der Waals surface area (Å²) in [5.74, 6) is -0.139. The van der Waals surface area contributed by atoms with E-state index in [1.54, 1.807) is 0 Å². The lowest BCUT2D eigenvalue weighted by atomic mass is 9.98. The van der Waals surface area contributed by atoms with Crippen molar-refractivity contribution in [3.05, 3.63) is 0 Å². The fourth-order valence-corrected chi connectivity index (χ4v) is 2.21. The van der Waals surface area contributed by atoms with Gasteiger partial charge in [0.05, 0.1) is 12.7 Å². The molecule has 0 radical (unpaired) electrons. The van der Waals surface area contributed by atoms with Gasteiger partial charge in [-0.15, -0.1) is 0 Å². The summed E-state index contributed by atoms with van der Waals surface area (Å²) in [7, 11) is 1.82. The number of carbonyl (C=O) groups is 1. The molecule has 1 aliphatic carbocycles. The molecule has 1 aliphatic rings. The Hall–Kier alpha value is -0.610. The summed E-state index contributed by atoms with van der Waals surface area (Å²) in [4.78, 5) is 11.9. The molecule has 2 unspecified atom stereocenters. The van der Waals surface area contributed by atoms with Crippen LogP contribution in [0, 0.1) is 0 Å². The first-order chi connectivity index (χ1) is 7.68. The normalized spacial score (nSPS) is 29.3. The molecule has 0 spiro atoms. The molecule has 0 aromatic carbocycles. The van der Waals surface area contributed by atoms with E-state index in [9.17, 15) is 4.79 Å². The number of esters is 1. The van der Waals surface area contributed by atoms with E-state index in [2.05, 4.69) is 12.2 Å². The zero-order valence-electron chi connectivity index (χ0n) is 10.5. The molecule has 16 heavy (non-hydrogen) atoms. The fourth-order valence-electron chi connectivity index (χ4n) is 2.21. The van der Waals surface area contributed by atoms with Crippen molar-refractivity contribution >= 4 is 5.97 Å². The number of hydrogen-bond donors (Lipinski definition) is 1. The van der Waals surface area contributed by atoms with Crippen LogP contribution in [0.5, 0.6) is 0 Å². The highest BCUT2D eigenvalue weighted by Crippen LogP contribution is 2.32. The number of likely N-dealkylation sites (N-methyl/N-ethyl adjacent to an activating group) is 1. The third-order valence-corrected chi connectivity index (χ3v) is 3.17. The van der Waals surface area contributed by atoms with Gasteiger partial charge in [0.15, 0.2) is 0 Å². The molecule has 0 amide bonds. The Morgan fingerprint density at radius 2 is 2.25 bits per heavy atom. The number of nitrogens with one attached hydrogen (secondary N) is 1. The summed E-state index contributed by atoms with van der Waals surface area (Å²) in [6.07, 6.45) is 3.66. The molecule has 0 heterocycles. The van der Waals surface area contributed by atoms with Gasteiger partial charge >= 0.3 is 5.97 Å². The quantitative estimate of drug-likeness (QED) is 0.701. The Kier molecular flexibility index (Phi) is 5.22. The van der Waals surface area contributed by atoms with Crippen molar-refractivity contribution in [2.45, 2.75) is 51.2 Å². The first kappa shape index (κ1) is 13.5. The highest BCUT2D eigenvalue weighted by atomic mass is 16.5. The molecular formula is C12H23NO3. The van der Waals surface area contributed by atoms with Gasteiger partial charge in [0.2, 0.25) is 0 Å². The molecule has 4 nitrogen and oxygen atoms in total. The van der Waals surface area contributed by atoms with E-state index in [1.165, 1.54) is 0 Å². The summed E-state index contributed by atoms with van der Waals surface area (Å²) in [6, 6.07) is 0. The van der Waals surface area contributed by atoms with Crippen LogP contribution < -0.4 is 5.32 Å². The van der Waals surface area contributed by atoms with Crippen molar-refractivity contribution in [2.24, 2.45) is 0 Å². The topological polar surface area (TPSA) is 47.6 Å². The predicted octanol–water partition coefficient (Wildman–Crippen LogP) is 1.49. The third-order valence-electron chi connectivity index (χ3n) is 3.17. The van der Waals surface area contributed by atoms with Gasteiger partial charge in [-0.1, -0.05) is 6.92 Å². The molecule has 94 valence electrons. The lowest BCUT2D eigenvalue weighted by molar-refractivity contribution is -0.151. The van der Waals surface area contributed by atoms with Crippen LogP contribution in [0.3, 0.4) is 0 Å². The molecule has 4 heteroatoms. The average Bonchev–Trinajstić information content (AvgIpc) is 2.71. The molecule has 0 aliphatic heterocycles. The first-order valence-electron chi connectivity index (χ1n) is 6.16. The maximum Gasteiger partial charge on any atom is 0.326 e. The lowest BCUT2D eigenvalue weighted by Gasteiger charge is -2.26. The maximum atomic E-state index is 11.9. The van der Waals surface area contributed by atoms with Crippen molar-refractivity contribution in [1.82, 2.24) is 5.32 Å². The lowest BCUT2D eigenvalue weighted by Crippen LogP contribution is -2.49. The Bertz CT molecular complexity index is 232. The molecule has 0 saturated heterocycles. The molecule has 1 rings (SSSR count). The van der Waals surface area contributed by atoms with E-state index in [1.807, 2.05) is 14.0 Å². The number of carbonyl (C=O) groups excluding carboxylic acids is 1. The van der Waals surface area contributed by atoms with Gasteiger partial charge < -0.3 is 14.8 Å². The Labute approximate surface area is 97.7 Å².